The van der Waals surface area contributed by atoms with Crippen molar-refractivity contribution in [3.05, 3.63) is 12.2 Å². The van der Waals surface area contributed by atoms with E-state index in [-0.39, 0.29) is 19.4 Å². The molecule has 308 valence electrons. The van der Waals surface area contributed by atoms with E-state index in [0.29, 0.717) is 12.8 Å². The molecule has 0 saturated carbocycles. The Hall–Kier alpha value is -1.29. The van der Waals surface area contributed by atoms with Gasteiger partial charge in [0.15, 0.2) is 6.10 Å². The summed E-state index contributed by atoms with van der Waals surface area (Å²) in [6.45, 7) is 2.35. The Morgan fingerprint density at radius 1 is 0.558 bits per heavy atom. The number of phosphoric ester groups is 1. The molecule has 0 bridgehead atoms. The summed E-state index contributed by atoms with van der Waals surface area (Å²) in [5, 5.41) is 18.3. The lowest BCUT2D eigenvalue weighted by molar-refractivity contribution is -0.161. The molecule has 0 heterocycles. The highest BCUT2D eigenvalue weighted by Crippen LogP contribution is 2.43. The van der Waals surface area contributed by atoms with E-state index in [1.807, 2.05) is 0 Å². The molecule has 3 atom stereocenters. The fourth-order valence-corrected chi connectivity index (χ4v) is 6.65. The summed E-state index contributed by atoms with van der Waals surface area (Å²) >= 11 is 0. The number of esters is 2. The molecule has 0 aromatic heterocycles. The van der Waals surface area contributed by atoms with Gasteiger partial charge in [0.25, 0.3) is 0 Å². The summed E-state index contributed by atoms with van der Waals surface area (Å²) in [5.41, 5.74) is 0. The highest BCUT2D eigenvalue weighted by molar-refractivity contribution is 7.47. The lowest BCUT2D eigenvalue weighted by Crippen LogP contribution is -2.29. The SMILES string of the molecule is CCCC/C=C\CCCCCCCC(=O)OC[C@H](COP(=O)(O)OC[C@@H](O)CO)OC(=O)CCCCCCCCCCCCCCCCCCCC. The molecule has 1 unspecified atom stereocenters. The predicted octanol–water partition coefficient (Wildman–Crippen LogP) is 10.8. The van der Waals surface area contributed by atoms with Crippen molar-refractivity contribution < 1.29 is 47.8 Å². The monoisotopic (exact) mass is 763 g/mol. The number of carbonyl (C=O) groups is 2. The molecule has 0 rings (SSSR count). The van der Waals surface area contributed by atoms with Gasteiger partial charge in [0, 0.05) is 12.8 Å². The molecule has 11 heteroatoms. The Labute approximate surface area is 317 Å². The number of aliphatic hydroxyl groups excluding tert-OH is 2. The molecule has 0 amide bonds. The second kappa shape index (κ2) is 38.0. The van der Waals surface area contributed by atoms with E-state index in [4.69, 9.17) is 19.1 Å². The molecule has 52 heavy (non-hydrogen) atoms. The van der Waals surface area contributed by atoms with Crippen LogP contribution in [0.3, 0.4) is 0 Å². The zero-order valence-corrected chi connectivity index (χ0v) is 34.2. The summed E-state index contributed by atoms with van der Waals surface area (Å²) in [6, 6.07) is 0. The molecule has 0 aliphatic rings. The van der Waals surface area contributed by atoms with Crippen molar-refractivity contribution in [2.45, 2.75) is 212 Å². The first kappa shape index (κ1) is 50.7. The van der Waals surface area contributed by atoms with Crippen LogP contribution in [0.25, 0.3) is 0 Å². The van der Waals surface area contributed by atoms with Gasteiger partial charge in [0.2, 0.25) is 0 Å². The number of unbranched alkanes of at least 4 members (excludes halogenated alkanes) is 24. The maximum Gasteiger partial charge on any atom is 0.472 e. The quantitative estimate of drug-likeness (QED) is 0.0238. The van der Waals surface area contributed by atoms with Crippen LogP contribution in [0.1, 0.15) is 200 Å². The number of rotatable bonds is 40. The minimum absolute atomic E-state index is 0.188. The van der Waals surface area contributed by atoms with E-state index in [2.05, 4.69) is 30.5 Å². The largest absolute Gasteiger partial charge is 0.472 e. The fraction of sp³-hybridized carbons (Fsp3) is 0.902. The van der Waals surface area contributed by atoms with Crippen molar-refractivity contribution in [2.24, 2.45) is 0 Å². The van der Waals surface area contributed by atoms with Crippen LogP contribution in [0.4, 0.5) is 0 Å². The van der Waals surface area contributed by atoms with Crippen molar-refractivity contribution in [3.8, 4) is 0 Å². The predicted molar refractivity (Wildman–Crippen MR) is 210 cm³/mol. The minimum atomic E-state index is -4.61. The highest BCUT2D eigenvalue weighted by atomic mass is 31.2. The first-order chi connectivity index (χ1) is 25.2. The fourth-order valence-electron chi connectivity index (χ4n) is 5.86. The smallest absolute Gasteiger partial charge is 0.462 e. The van der Waals surface area contributed by atoms with Crippen LogP contribution in [0.2, 0.25) is 0 Å². The van der Waals surface area contributed by atoms with Crippen LogP contribution in [0.5, 0.6) is 0 Å². The van der Waals surface area contributed by atoms with Gasteiger partial charge in [-0.2, -0.15) is 0 Å². The molecule has 0 aromatic carbocycles. The summed E-state index contributed by atoms with van der Waals surface area (Å²) in [4.78, 5) is 34.9. The van der Waals surface area contributed by atoms with Crippen molar-refractivity contribution in [3.63, 3.8) is 0 Å². The number of allylic oxidation sites excluding steroid dienone is 2. The second-order valence-corrected chi connectivity index (χ2v) is 15.8. The molecule has 10 nitrogen and oxygen atoms in total. The molecular formula is C41H79O10P. The van der Waals surface area contributed by atoms with Gasteiger partial charge in [-0.1, -0.05) is 167 Å². The number of carbonyl (C=O) groups excluding carboxylic acids is 2. The van der Waals surface area contributed by atoms with Crippen LogP contribution in [0, 0.1) is 0 Å². The van der Waals surface area contributed by atoms with Crippen molar-refractivity contribution in [2.75, 3.05) is 26.4 Å². The zero-order chi connectivity index (χ0) is 38.4. The average Bonchev–Trinajstić information content (AvgIpc) is 3.13. The van der Waals surface area contributed by atoms with Crippen LogP contribution < -0.4 is 0 Å². The van der Waals surface area contributed by atoms with Crippen LogP contribution in [0.15, 0.2) is 12.2 Å². The van der Waals surface area contributed by atoms with E-state index in [1.165, 1.54) is 103 Å². The van der Waals surface area contributed by atoms with Crippen molar-refractivity contribution in [1.82, 2.24) is 0 Å². The van der Waals surface area contributed by atoms with Gasteiger partial charge in [0.05, 0.1) is 19.8 Å². The molecular weight excluding hydrogens is 683 g/mol. The number of hydrogen-bond acceptors (Lipinski definition) is 9. The molecule has 3 N–H and O–H groups in total. The number of hydrogen-bond donors (Lipinski definition) is 3. The van der Waals surface area contributed by atoms with Gasteiger partial charge in [-0.05, 0) is 32.1 Å². The molecule has 0 radical (unpaired) electrons. The van der Waals surface area contributed by atoms with E-state index in [1.54, 1.807) is 0 Å². The number of ether oxygens (including phenoxy) is 2. The summed E-state index contributed by atoms with van der Waals surface area (Å²) < 4.78 is 32.6. The lowest BCUT2D eigenvalue weighted by Gasteiger charge is -2.20. The third-order valence-electron chi connectivity index (χ3n) is 9.17. The van der Waals surface area contributed by atoms with Gasteiger partial charge in [-0.25, -0.2) is 4.57 Å². The van der Waals surface area contributed by atoms with Gasteiger partial charge in [-0.3, -0.25) is 18.6 Å². The molecule has 0 saturated heterocycles. The Morgan fingerprint density at radius 2 is 0.962 bits per heavy atom. The van der Waals surface area contributed by atoms with Crippen molar-refractivity contribution in [1.29, 1.82) is 0 Å². The van der Waals surface area contributed by atoms with E-state index in [9.17, 15) is 24.2 Å². The second-order valence-electron chi connectivity index (χ2n) is 14.4. The molecule has 0 aromatic rings. The Morgan fingerprint density at radius 3 is 1.44 bits per heavy atom. The van der Waals surface area contributed by atoms with Crippen molar-refractivity contribution >= 4 is 19.8 Å². The normalized spacial score (nSPS) is 14.0. The average molecular weight is 763 g/mol. The van der Waals surface area contributed by atoms with Gasteiger partial charge in [-0.15, -0.1) is 0 Å². The minimum Gasteiger partial charge on any atom is -0.462 e. The third-order valence-corrected chi connectivity index (χ3v) is 10.1. The first-order valence-corrected chi connectivity index (χ1v) is 22.6. The van der Waals surface area contributed by atoms with Gasteiger partial charge < -0.3 is 24.6 Å². The highest BCUT2D eigenvalue weighted by Gasteiger charge is 2.27. The molecule has 0 aliphatic heterocycles. The standard InChI is InChI=1S/C41H79O10P/c1-3-5-7-9-11-13-15-16-17-18-19-20-21-23-25-27-29-31-33-41(45)51-39(37-50-52(46,47)49-35-38(43)34-42)36-48-40(44)32-30-28-26-24-22-14-12-10-8-6-4-2/h10,12,38-39,42-43H,3-9,11,13-37H2,1-2H3,(H,46,47)/b12-10-/t38-,39+/m0/s1. The number of aliphatic hydroxyl groups is 2. The maximum absolute atomic E-state index is 12.6. The molecule has 0 spiro atoms. The molecule has 0 fully saturated rings. The van der Waals surface area contributed by atoms with Gasteiger partial charge in [0.1, 0.15) is 12.7 Å². The Balaban J connectivity index is 4.24. The Kier molecular flexibility index (Phi) is 37.1. The summed E-state index contributed by atoms with van der Waals surface area (Å²) in [6.07, 6.45) is 34.7. The van der Waals surface area contributed by atoms with E-state index in [0.717, 1.165) is 57.8 Å². The van der Waals surface area contributed by atoms with E-state index >= 15 is 0 Å². The topological polar surface area (TPSA) is 149 Å². The summed E-state index contributed by atoms with van der Waals surface area (Å²) in [5.74, 6) is -0.927. The zero-order valence-electron chi connectivity index (χ0n) is 33.3. The maximum atomic E-state index is 12.6. The Bertz CT molecular complexity index is 884. The van der Waals surface area contributed by atoms with E-state index < -0.39 is 51.8 Å². The van der Waals surface area contributed by atoms with Crippen LogP contribution in [-0.4, -0.2) is 65.7 Å². The third kappa shape index (κ3) is 37.0. The van der Waals surface area contributed by atoms with Crippen LogP contribution >= 0.6 is 7.82 Å². The van der Waals surface area contributed by atoms with Gasteiger partial charge >= 0.3 is 19.8 Å². The first-order valence-electron chi connectivity index (χ1n) is 21.1. The number of phosphoric acid groups is 1. The van der Waals surface area contributed by atoms with Crippen LogP contribution in [-0.2, 0) is 32.7 Å². The molecule has 0 aliphatic carbocycles. The lowest BCUT2D eigenvalue weighted by atomic mass is 10.0. The summed E-state index contributed by atoms with van der Waals surface area (Å²) in [7, 11) is -4.61.